The van der Waals surface area contributed by atoms with E-state index in [1.165, 1.54) is 0 Å². The van der Waals surface area contributed by atoms with Gasteiger partial charge in [0.15, 0.2) is 0 Å². The zero-order valence-corrected chi connectivity index (χ0v) is 13.9. The van der Waals surface area contributed by atoms with Crippen molar-refractivity contribution < 1.29 is 14.1 Å². The third-order valence-electron chi connectivity index (χ3n) is 3.65. The number of carbonyl (C=O) groups excluding carboxylic acids is 1. The standard InChI is InChI=1S/C19H19N3O3/c1-24-16-10-5-7-14(13-16)19-21-18(25-22-19)12-6-11-17(23)20-15-8-3-2-4-9-15/h2-5,7-10,13H,6,11-12H2,1H3,(H,20,23). The predicted molar refractivity (Wildman–Crippen MR) is 94.3 cm³/mol. The number of carbonyl (C=O) groups is 1. The Kier molecular flexibility index (Phi) is 5.41. The molecule has 1 amide bonds. The Morgan fingerprint density at radius 2 is 2.00 bits per heavy atom. The number of nitrogens with zero attached hydrogens (tertiary/aromatic N) is 2. The fourth-order valence-electron chi connectivity index (χ4n) is 2.38. The fraction of sp³-hybridized carbons (Fsp3) is 0.211. The van der Waals surface area contributed by atoms with Gasteiger partial charge in [0.2, 0.25) is 17.6 Å². The molecule has 0 unspecified atom stereocenters. The van der Waals surface area contributed by atoms with Crippen molar-refractivity contribution in [3.8, 4) is 17.1 Å². The molecule has 3 rings (SSSR count). The van der Waals surface area contributed by atoms with E-state index in [2.05, 4.69) is 15.5 Å². The SMILES string of the molecule is COc1cccc(-c2noc(CCCC(=O)Nc3ccccc3)n2)c1. The summed E-state index contributed by atoms with van der Waals surface area (Å²) in [7, 11) is 1.61. The van der Waals surface area contributed by atoms with Crippen LogP contribution in [0.1, 0.15) is 18.7 Å². The first-order valence-corrected chi connectivity index (χ1v) is 8.06. The van der Waals surface area contributed by atoms with Crippen LogP contribution in [0.15, 0.2) is 59.1 Å². The van der Waals surface area contributed by atoms with Crippen LogP contribution in [-0.4, -0.2) is 23.2 Å². The van der Waals surface area contributed by atoms with E-state index >= 15 is 0 Å². The van der Waals surface area contributed by atoms with Crippen molar-refractivity contribution in [3.63, 3.8) is 0 Å². The van der Waals surface area contributed by atoms with E-state index in [1.807, 2.05) is 54.6 Å². The van der Waals surface area contributed by atoms with Crippen LogP contribution in [0.25, 0.3) is 11.4 Å². The number of benzene rings is 2. The number of hydrogen-bond acceptors (Lipinski definition) is 5. The third kappa shape index (κ3) is 4.67. The summed E-state index contributed by atoms with van der Waals surface area (Å²) in [6.07, 6.45) is 1.59. The maximum absolute atomic E-state index is 11.9. The van der Waals surface area contributed by atoms with Gasteiger partial charge in [-0.3, -0.25) is 4.79 Å². The van der Waals surface area contributed by atoms with E-state index in [4.69, 9.17) is 9.26 Å². The number of nitrogens with one attached hydrogen (secondary N) is 1. The maximum atomic E-state index is 11.9. The number of amides is 1. The molecule has 1 heterocycles. The van der Waals surface area contributed by atoms with Gasteiger partial charge in [0, 0.05) is 24.1 Å². The Hall–Kier alpha value is -3.15. The van der Waals surface area contributed by atoms with E-state index < -0.39 is 0 Å². The van der Waals surface area contributed by atoms with Crippen molar-refractivity contribution >= 4 is 11.6 Å². The van der Waals surface area contributed by atoms with E-state index in [0.29, 0.717) is 31.0 Å². The molecular formula is C19H19N3O3. The second-order valence-corrected chi connectivity index (χ2v) is 5.51. The molecule has 0 fully saturated rings. The molecule has 0 saturated carbocycles. The third-order valence-corrected chi connectivity index (χ3v) is 3.65. The summed E-state index contributed by atoms with van der Waals surface area (Å²) in [5.41, 5.74) is 1.63. The van der Waals surface area contributed by atoms with Crippen LogP contribution in [-0.2, 0) is 11.2 Å². The highest BCUT2D eigenvalue weighted by Crippen LogP contribution is 2.21. The van der Waals surface area contributed by atoms with Gasteiger partial charge in [0.25, 0.3) is 0 Å². The predicted octanol–water partition coefficient (Wildman–Crippen LogP) is 3.71. The van der Waals surface area contributed by atoms with Gasteiger partial charge >= 0.3 is 0 Å². The molecule has 1 N–H and O–H groups in total. The lowest BCUT2D eigenvalue weighted by atomic mass is 10.2. The van der Waals surface area contributed by atoms with Crippen molar-refractivity contribution in [3.05, 3.63) is 60.5 Å². The normalized spacial score (nSPS) is 10.4. The summed E-state index contributed by atoms with van der Waals surface area (Å²) in [5, 5.41) is 6.84. The quantitative estimate of drug-likeness (QED) is 0.711. The van der Waals surface area contributed by atoms with Crippen LogP contribution in [0.3, 0.4) is 0 Å². The van der Waals surface area contributed by atoms with E-state index in [-0.39, 0.29) is 5.91 Å². The minimum Gasteiger partial charge on any atom is -0.497 e. The molecule has 0 aliphatic heterocycles. The largest absolute Gasteiger partial charge is 0.497 e. The number of para-hydroxylation sites is 1. The van der Waals surface area contributed by atoms with Crippen molar-refractivity contribution in [1.29, 1.82) is 0 Å². The lowest BCUT2D eigenvalue weighted by molar-refractivity contribution is -0.116. The van der Waals surface area contributed by atoms with Crippen LogP contribution in [0, 0.1) is 0 Å². The van der Waals surface area contributed by atoms with Gasteiger partial charge in [-0.05, 0) is 30.7 Å². The lowest BCUT2D eigenvalue weighted by Crippen LogP contribution is -2.11. The molecule has 0 aliphatic rings. The first kappa shape index (κ1) is 16.7. The van der Waals surface area contributed by atoms with Gasteiger partial charge in [-0.15, -0.1) is 0 Å². The average molecular weight is 337 g/mol. The van der Waals surface area contributed by atoms with E-state index in [0.717, 1.165) is 17.0 Å². The molecule has 6 nitrogen and oxygen atoms in total. The second-order valence-electron chi connectivity index (χ2n) is 5.51. The topological polar surface area (TPSA) is 77.2 Å². The number of rotatable bonds is 7. The van der Waals surface area contributed by atoms with E-state index in [1.54, 1.807) is 7.11 Å². The second kappa shape index (κ2) is 8.10. The molecule has 0 bridgehead atoms. The molecule has 25 heavy (non-hydrogen) atoms. The monoisotopic (exact) mass is 337 g/mol. The minimum atomic E-state index is -0.0289. The van der Waals surface area contributed by atoms with Crippen LogP contribution in [0.2, 0.25) is 0 Å². The highest BCUT2D eigenvalue weighted by molar-refractivity contribution is 5.90. The molecule has 0 aliphatic carbocycles. The molecule has 3 aromatic rings. The van der Waals surface area contributed by atoms with Gasteiger partial charge in [0.1, 0.15) is 5.75 Å². The maximum Gasteiger partial charge on any atom is 0.226 e. The van der Waals surface area contributed by atoms with Gasteiger partial charge < -0.3 is 14.6 Å². The summed E-state index contributed by atoms with van der Waals surface area (Å²) in [6.45, 7) is 0. The number of hydrogen-bond donors (Lipinski definition) is 1. The Morgan fingerprint density at radius 3 is 2.80 bits per heavy atom. The van der Waals surface area contributed by atoms with Crippen LogP contribution in [0.4, 0.5) is 5.69 Å². The molecular weight excluding hydrogens is 318 g/mol. The highest BCUT2D eigenvalue weighted by atomic mass is 16.5. The average Bonchev–Trinajstić information content (AvgIpc) is 3.11. The molecule has 128 valence electrons. The first-order valence-electron chi connectivity index (χ1n) is 8.06. The number of ether oxygens (including phenoxy) is 1. The van der Waals surface area contributed by atoms with Gasteiger partial charge in [-0.1, -0.05) is 35.5 Å². The molecule has 0 spiro atoms. The fourth-order valence-corrected chi connectivity index (χ4v) is 2.38. The Labute approximate surface area is 145 Å². The molecule has 0 radical (unpaired) electrons. The summed E-state index contributed by atoms with van der Waals surface area (Å²) < 4.78 is 10.5. The lowest BCUT2D eigenvalue weighted by Gasteiger charge is -2.03. The summed E-state index contributed by atoms with van der Waals surface area (Å²) >= 11 is 0. The molecule has 6 heteroatoms. The molecule has 2 aromatic carbocycles. The number of aromatic nitrogens is 2. The Balaban J connectivity index is 1.51. The number of anilines is 1. The summed E-state index contributed by atoms with van der Waals surface area (Å²) in [4.78, 5) is 16.3. The van der Waals surface area contributed by atoms with Crippen molar-refractivity contribution in [2.45, 2.75) is 19.3 Å². The Morgan fingerprint density at radius 1 is 1.16 bits per heavy atom. The Bertz CT molecular complexity index is 831. The van der Waals surface area contributed by atoms with E-state index in [9.17, 15) is 4.79 Å². The van der Waals surface area contributed by atoms with Gasteiger partial charge in [0.05, 0.1) is 7.11 Å². The van der Waals surface area contributed by atoms with Gasteiger partial charge in [-0.2, -0.15) is 4.98 Å². The van der Waals surface area contributed by atoms with Gasteiger partial charge in [-0.25, -0.2) is 0 Å². The molecule has 0 saturated heterocycles. The first-order chi connectivity index (χ1) is 12.2. The zero-order valence-electron chi connectivity index (χ0n) is 13.9. The number of methoxy groups -OCH3 is 1. The number of aryl methyl sites for hydroxylation is 1. The van der Waals surface area contributed by atoms with Crippen LogP contribution < -0.4 is 10.1 Å². The molecule has 1 aromatic heterocycles. The van der Waals surface area contributed by atoms with Crippen LogP contribution >= 0.6 is 0 Å². The summed E-state index contributed by atoms with van der Waals surface area (Å²) in [5.74, 6) is 1.74. The summed E-state index contributed by atoms with van der Waals surface area (Å²) in [6, 6.07) is 16.9. The minimum absolute atomic E-state index is 0.0289. The van der Waals surface area contributed by atoms with Crippen molar-refractivity contribution in [1.82, 2.24) is 10.1 Å². The smallest absolute Gasteiger partial charge is 0.226 e. The highest BCUT2D eigenvalue weighted by Gasteiger charge is 2.10. The van der Waals surface area contributed by atoms with Crippen molar-refractivity contribution in [2.75, 3.05) is 12.4 Å². The molecule has 0 atom stereocenters. The van der Waals surface area contributed by atoms with Crippen LogP contribution in [0.5, 0.6) is 5.75 Å². The zero-order chi connectivity index (χ0) is 17.5. The van der Waals surface area contributed by atoms with Crippen molar-refractivity contribution in [2.24, 2.45) is 0 Å².